The van der Waals surface area contributed by atoms with Gasteiger partial charge in [-0.15, -0.1) is 0 Å². The summed E-state index contributed by atoms with van der Waals surface area (Å²) in [5.41, 5.74) is 5.74. The van der Waals surface area contributed by atoms with Crippen molar-refractivity contribution in [3.8, 4) is 5.75 Å². The third-order valence-corrected chi connectivity index (χ3v) is 6.13. The summed E-state index contributed by atoms with van der Waals surface area (Å²) in [6.07, 6.45) is -0.369. The number of ether oxygens (including phenoxy) is 1. The summed E-state index contributed by atoms with van der Waals surface area (Å²) in [6, 6.07) is 34.3. The van der Waals surface area contributed by atoms with Crippen LogP contribution in [0, 0.1) is 6.92 Å². The zero-order chi connectivity index (χ0) is 22.8. The largest absolute Gasteiger partial charge is 0.496 e. The van der Waals surface area contributed by atoms with Crippen molar-refractivity contribution in [1.29, 1.82) is 0 Å². The standard InChI is InChI=1S/C29H26N2O2/c1-21-16-18-23(19-17-21)31-28(25-13-7-9-15-27(25)33-2)30(20-22-10-4-3-5-11-22)26-14-8-6-12-24(26)29(31)32/h3-19,28H,20H2,1-2H3/t28-/m0/s1. The van der Waals surface area contributed by atoms with E-state index in [4.69, 9.17) is 4.74 Å². The van der Waals surface area contributed by atoms with Crippen molar-refractivity contribution in [2.45, 2.75) is 19.6 Å². The lowest BCUT2D eigenvalue weighted by atomic mass is 9.98. The Morgan fingerprint density at radius 2 is 1.45 bits per heavy atom. The van der Waals surface area contributed by atoms with E-state index in [1.807, 2.05) is 95.9 Å². The van der Waals surface area contributed by atoms with Gasteiger partial charge in [-0.3, -0.25) is 9.69 Å². The first kappa shape index (κ1) is 20.8. The second kappa shape index (κ2) is 8.83. The maximum Gasteiger partial charge on any atom is 0.262 e. The highest BCUT2D eigenvalue weighted by atomic mass is 16.5. The number of benzene rings is 4. The fourth-order valence-corrected chi connectivity index (χ4v) is 4.52. The number of methoxy groups -OCH3 is 1. The van der Waals surface area contributed by atoms with Gasteiger partial charge in [-0.05, 0) is 42.8 Å². The molecule has 0 fully saturated rings. The van der Waals surface area contributed by atoms with Gasteiger partial charge < -0.3 is 9.64 Å². The third kappa shape index (κ3) is 3.85. The van der Waals surface area contributed by atoms with Crippen LogP contribution in [0.4, 0.5) is 11.4 Å². The predicted octanol–water partition coefficient (Wildman–Crippen LogP) is 6.37. The number of anilines is 2. The smallest absolute Gasteiger partial charge is 0.262 e. The van der Waals surface area contributed by atoms with E-state index in [1.54, 1.807) is 7.11 Å². The molecule has 0 N–H and O–H groups in total. The Bertz CT molecular complexity index is 1270. The van der Waals surface area contributed by atoms with Crippen LogP contribution in [0.2, 0.25) is 0 Å². The summed E-state index contributed by atoms with van der Waals surface area (Å²) in [5, 5.41) is 0. The van der Waals surface area contributed by atoms with E-state index < -0.39 is 0 Å². The van der Waals surface area contributed by atoms with Crippen LogP contribution in [-0.4, -0.2) is 13.0 Å². The molecule has 164 valence electrons. The van der Waals surface area contributed by atoms with E-state index >= 15 is 0 Å². The Balaban J connectivity index is 1.75. The molecule has 4 aromatic rings. The van der Waals surface area contributed by atoms with Crippen LogP contribution in [0.15, 0.2) is 103 Å². The third-order valence-electron chi connectivity index (χ3n) is 6.13. The van der Waals surface area contributed by atoms with Crippen LogP contribution in [0.5, 0.6) is 5.75 Å². The molecule has 4 aromatic carbocycles. The minimum absolute atomic E-state index is 0.0188. The van der Waals surface area contributed by atoms with Crippen molar-refractivity contribution in [3.63, 3.8) is 0 Å². The monoisotopic (exact) mass is 434 g/mol. The fraction of sp³-hybridized carbons (Fsp3) is 0.138. The molecule has 0 spiro atoms. The lowest BCUT2D eigenvalue weighted by molar-refractivity contribution is 0.0968. The fourth-order valence-electron chi connectivity index (χ4n) is 4.52. The molecule has 0 saturated heterocycles. The van der Waals surface area contributed by atoms with Gasteiger partial charge in [0.2, 0.25) is 0 Å². The van der Waals surface area contributed by atoms with Crippen LogP contribution in [0.3, 0.4) is 0 Å². The topological polar surface area (TPSA) is 32.8 Å². The molecule has 1 amide bonds. The van der Waals surface area contributed by atoms with Crippen LogP contribution in [0.1, 0.15) is 33.2 Å². The predicted molar refractivity (Wildman–Crippen MR) is 133 cm³/mol. The highest BCUT2D eigenvalue weighted by Gasteiger charge is 2.40. The van der Waals surface area contributed by atoms with Crippen LogP contribution in [-0.2, 0) is 6.54 Å². The molecule has 5 rings (SSSR count). The second-order valence-corrected chi connectivity index (χ2v) is 8.26. The molecule has 1 atom stereocenters. The van der Waals surface area contributed by atoms with E-state index in [2.05, 4.69) is 24.0 Å². The number of para-hydroxylation sites is 2. The number of carbonyl (C=O) groups is 1. The molecule has 4 nitrogen and oxygen atoms in total. The van der Waals surface area contributed by atoms with Gasteiger partial charge in [-0.25, -0.2) is 0 Å². The normalized spacial score (nSPS) is 15.3. The quantitative estimate of drug-likeness (QED) is 0.366. The maximum absolute atomic E-state index is 13.9. The van der Waals surface area contributed by atoms with Gasteiger partial charge in [0, 0.05) is 17.8 Å². The number of aryl methyl sites for hydroxylation is 1. The number of hydrogen-bond acceptors (Lipinski definition) is 3. The highest BCUT2D eigenvalue weighted by Crippen LogP contribution is 2.44. The van der Waals surface area contributed by atoms with Crippen molar-refractivity contribution < 1.29 is 9.53 Å². The number of rotatable bonds is 5. The molecule has 0 radical (unpaired) electrons. The highest BCUT2D eigenvalue weighted by molar-refractivity contribution is 6.12. The molecule has 0 unspecified atom stereocenters. The SMILES string of the molecule is COc1ccccc1[C@H]1N(Cc2ccccc2)c2ccccc2C(=O)N1c1ccc(C)cc1. The molecule has 0 saturated carbocycles. The zero-order valence-corrected chi connectivity index (χ0v) is 18.8. The van der Waals surface area contributed by atoms with E-state index in [0.29, 0.717) is 12.1 Å². The Morgan fingerprint density at radius 3 is 2.21 bits per heavy atom. The van der Waals surface area contributed by atoms with Gasteiger partial charge in [-0.1, -0.05) is 78.4 Å². The Kier molecular flexibility index (Phi) is 5.57. The summed E-state index contributed by atoms with van der Waals surface area (Å²) < 4.78 is 5.76. The number of carbonyl (C=O) groups excluding carboxylic acids is 1. The second-order valence-electron chi connectivity index (χ2n) is 8.26. The van der Waals surface area contributed by atoms with Crippen molar-refractivity contribution in [2.75, 3.05) is 16.9 Å². The Hall–Kier alpha value is -4.05. The average Bonchev–Trinajstić information content (AvgIpc) is 2.87. The molecule has 4 heteroatoms. The number of fused-ring (bicyclic) bond motifs is 1. The minimum Gasteiger partial charge on any atom is -0.496 e. The summed E-state index contributed by atoms with van der Waals surface area (Å²) in [6.45, 7) is 2.70. The number of hydrogen-bond donors (Lipinski definition) is 0. The molecule has 1 heterocycles. The van der Waals surface area contributed by atoms with E-state index in [-0.39, 0.29) is 12.1 Å². The number of nitrogens with zero attached hydrogens (tertiary/aromatic N) is 2. The van der Waals surface area contributed by atoms with Gasteiger partial charge in [0.05, 0.1) is 18.4 Å². The van der Waals surface area contributed by atoms with E-state index in [9.17, 15) is 4.79 Å². The lowest BCUT2D eigenvalue weighted by Crippen LogP contribution is -2.49. The minimum atomic E-state index is -0.369. The van der Waals surface area contributed by atoms with Gasteiger partial charge in [-0.2, -0.15) is 0 Å². The molecule has 1 aliphatic rings. The van der Waals surface area contributed by atoms with Crippen LogP contribution in [0.25, 0.3) is 0 Å². The molecule has 33 heavy (non-hydrogen) atoms. The van der Waals surface area contributed by atoms with Crippen molar-refractivity contribution in [3.05, 3.63) is 125 Å². The van der Waals surface area contributed by atoms with Gasteiger partial charge in [0.25, 0.3) is 5.91 Å². The summed E-state index contributed by atoms with van der Waals surface area (Å²) in [7, 11) is 1.68. The average molecular weight is 435 g/mol. The Labute approximate surface area is 194 Å². The zero-order valence-electron chi connectivity index (χ0n) is 18.8. The Morgan fingerprint density at radius 1 is 0.788 bits per heavy atom. The summed E-state index contributed by atoms with van der Waals surface area (Å²) in [5.74, 6) is 0.736. The maximum atomic E-state index is 13.9. The van der Waals surface area contributed by atoms with Crippen molar-refractivity contribution >= 4 is 17.3 Å². The molecule has 0 bridgehead atoms. The first-order valence-electron chi connectivity index (χ1n) is 11.1. The number of amides is 1. The molecule has 0 aromatic heterocycles. The van der Waals surface area contributed by atoms with Crippen molar-refractivity contribution in [2.24, 2.45) is 0 Å². The van der Waals surface area contributed by atoms with E-state index in [0.717, 1.165) is 28.3 Å². The van der Waals surface area contributed by atoms with Gasteiger partial charge in [0.1, 0.15) is 11.9 Å². The van der Waals surface area contributed by atoms with Crippen LogP contribution >= 0.6 is 0 Å². The van der Waals surface area contributed by atoms with Gasteiger partial charge in [0.15, 0.2) is 0 Å². The first-order chi connectivity index (χ1) is 16.2. The van der Waals surface area contributed by atoms with E-state index in [1.165, 1.54) is 5.56 Å². The summed E-state index contributed by atoms with van der Waals surface area (Å²) >= 11 is 0. The first-order valence-corrected chi connectivity index (χ1v) is 11.1. The molecule has 1 aliphatic heterocycles. The molecule has 0 aliphatic carbocycles. The molecular formula is C29H26N2O2. The lowest BCUT2D eigenvalue weighted by Gasteiger charge is -2.46. The van der Waals surface area contributed by atoms with Gasteiger partial charge >= 0.3 is 0 Å². The summed E-state index contributed by atoms with van der Waals surface area (Å²) in [4.78, 5) is 18.1. The van der Waals surface area contributed by atoms with Crippen LogP contribution < -0.4 is 14.5 Å². The van der Waals surface area contributed by atoms with Crippen molar-refractivity contribution in [1.82, 2.24) is 0 Å². The molecular weight excluding hydrogens is 408 g/mol.